The maximum atomic E-state index is 12.8. The van der Waals surface area contributed by atoms with Crippen molar-refractivity contribution in [2.75, 3.05) is 33.0 Å². The van der Waals surface area contributed by atoms with Crippen molar-refractivity contribution in [3.05, 3.63) is 22.7 Å². The zero-order valence-corrected chi connectivity index (χ0v) is 16.7. The summed E-state index contributed by atoms with van der Waals surface area (Å²) >= 11 is 6.05. The SMILES string of the molecule is CCN1CC[C@H](NC(=O)c2cc(Cl)c(N)cc2OC)[C@H](OC)[C@H]1OC(C)=O. The minimum atomic E-state index is -0.576. The van der Waals surface area contributed by atoms with Crippen molar-refractivity contribution in [1.29, 1.82) is 0 Å². The number of ether oxygens (including phenoxy) is 3. The van der Waals surface area contributed by atoms with E-state index < -0.39 is 18.3 Å². The Morgan fingerprint density at radius 1 is 1.37 bits per heavy atom. The van der Waals surface area contributed by atoms with Crippen LogP contribution in [0.4, 0.5) is 5.69 Å². The number of amides is 1. The Morgan fingerprint density at radius 3 is 2.63 bits per heavy atom. The second-order valence-electron chi connectivity index (χ2n) is 6.27. The highest BCUT2D eigenvalue weighted by atomic mass is 35.5. The van der Waals surface area contributed by atoms with Crippen LogP contribution in [0.3, 0.4) is 0 Å². The molecule has 8 nitrogen and oxygen atoms in total. The number of nitrogens with zero attached hydrogens (tertiary/aromatic N) is 1. The number of halogens is 1. The number of likely N-dealkylation sites (N-methyl/N-ethyl adjacent to an activating group) is 1. The molecule has 3 N–H and O–H groups in total. The topological polar surface area (TPSA) is 103 Å². The molecular weight excluding hydrogens is 374 g/mol. The van der Waals surface area contributed by atoms with Gasteiger partial charge in [0.1, 0.15) is 11.9 Å². The van der Waals surface area contributed by atoms with Crippen LogP contribution in [-0.2, 0) is 14.3 Å². The quantitative estimate of drug-likeness (QED) is 0.553. The van der Waals surface area contributed by atoms with Crippen molar-refractivity contribution >= 4 is 29.2 Å². The largest absolute Gasteiger partial charge is 0.496 e. The number of nitrogens with one attached hydrogen (secondary N) is 1. The number of likely N-dealkylation sites (tertiary alicyclic amines) is 1. The third kappa shape index (κ3) is 4.82. The van der Waals surface area contributed by atoms with Crippen LogP contribution < -0.4 is 15.8 Å². The van der Waals surface area contributed by atoms with Gasteiger partial charge in [-0.15, -0.1) is 0 Å². The number of benzene rings is 1. The monoisotopic (exact) mass is 399 g/mol. The molecular formula is C18H26ClN3O5. The van der Waals surface area contributed by atoms with Crippen LogP contribution in [0.2, 0.25) is 5.02 Å². The lowest BCUT2D eigenvalue weighted by Gasteiger charge is -2.43. The Labute approximate surface area is 163 Å². The molecule has 1 heterocycles. The molecule has 150 valence electrons. The van der Waals surface area contributed by atoms with Crippen molar-refractivity contribution in [1.82, 2.24) is 10.2 Å². The molecule has 1 aromatic carbocycles. The summed E-state index contributed by atoms with van der Waals surface area (Å²) in [7, 11) is 2.98. The highest BCUT2D eigenvalue weighted by Crippen LogP contribution is 2.29. The molecule has 9 heteroatoms. The average Bonchev–Trinajstić information content (AvgIpc) is 2.63. The second-order valence-corrected chi connectivity index (χ2v) is 6.68. The van der Waals surface area contributed by atoms with Gasteiger partial charge in [-0.1, -0.05) is 18.5 Å². The lowest BCUT2D eigenvalue weighted by Crippen LogP contribution is -2.61. The Bertz CT molecular complexity index is 700. The van der Waals surface area contributed by atoms with E-state index in [1.165, 1.54) is 33.3 Å². The zero-order chi connectivity index (χ0) is 20.1. The number of rotatable bonds is 6. The smallest absolute Gasteiger partial charge is 0.304 e. The molecule has 0 radical (unpaired) electrons. The first kappa shape index (κ1) is 21.3. The molecule has 1 aliphatic rings. The first-order valence-corrected chi connectivity index (χ1v) is 9.08. The number of hydrogen-bond acceptors (Lipinski definition) is 7. The Kier molecular flexibility index (Phi) is 7.29. The number of methoxy groups -OCH3 is 2. The minimum absolute atomic E-state index is 0.267. The third-order valence-corrected chi connectivity index (χ3v) is 4.94. The molecule has 0 saturated carbocycles. The number of piperidine rings is 1. The van der Waals surface area contributed by atoms with Crippen molar-refractivity contribution in [3.63, 3.8) is 0 Å². The number of esters is 1. The van der Waals surface area contributed by atoms with Gasteiger partial charge < -0.3 is 25.3 Å². The molecule has 3 atom stereocenters. The van der Waals surface area contributed by atoms with Crippen LogP contribution in [0.1, 0.15) is 30.6 Å². The standard InChI is InChI=1S/C18H26ClN3O5/c1-5-22-7-6-14(16(26-4)18(22)27-10(2)23)21-17(24)11-8-12(19)13(20)9-15(11)25-3/h8-9,14,16,18H,5-7,20H2,1-4H3,(H,21,24)/t14-,16-,18+/m0/s1. The van der Waals surface area contributed by atoms with Gasteiger partial charge in [0, 0.05) is 26.6 Å². The maximum Gasteiger partial charge on any atom is 0.304 e. The summed E-state index contributed by atoms with van der Waals surface area (Å²) in [5, 5.41) is 3.21. The minimum Gasteiger partial charge on any atom is -0.496 e. The number of anilines is 1. The van der Waals surface area contributed by atoms with Crippen LogP contribution in [0.15, 0.2) is 12.1 Å². The number of carbonyl (C=O) groups is 2. The molecule has 1 aromatic rings. The first-order chi connectivity index (χ1) is 12.8. The molecule has 27 heavy (non-hydrogen) atoms. The molecule has 1 saturated heterocycles. The fraction of sp³-hybridized carbons (Fsp3) is 0.556. The van der Waals surface area contributed by atoms with Gasteiger partial charge in [-0.2, -0.15) is 0 Å². The fourth-order valence-corrected chi connectivity index (χ4v) is 3.41. The molecule has 0 spiro atoms. The molecule has 1 fully saturated rings. The number of nitrogen functional groups attached to an aromatic ring is 1. The van der Waals surface area contributed by atoms with Gasteiger partial charge in [0.2, 0.25) is 0 Å². The zero-order valence-electron chi connectivity index (χ0n) is 16.0. The molecule has 0 aromatic heterocycles. The predicted octanol–water partition coefficient (Wildman–Crippen LogP) is 1.66. The van der Waals surface area contributed by atoms with E-state index in [9.17, 15) is 9.59 Å². The fourth-order valence-electron chi connectivity index (χ4n) is 3.25. The second kappa shape index (κ2) is 9.25. The Morgan fingerprint density at radius 2 is 2.07 bits per heavy atom. The van der Waals surface area contributed by atoms with E-state index in [4.69, 9.17) is 31.5 Å². The van der Waals surface area contributed by atoms with E-state index in [0.717, 1.165) is 0 Å². The summed E-state index contributed by atoms with van der Waals surface area (Å²) in [6, 6.07) is 2.62. The molecule has 2 rings (SSSR count). The van der Waals surface area contributed by atoms with Crippen LogP contribution >= 0.6 is 11.6 Å². The highest BCUT2D eigenvalue weighted by molar-refractivity contribution is 6.33. The van der Waals surface area contributed by atoms with Gasteiger partial charge in [0.05, 0.1) is 29.4 Å². The van der Waals surface area contributed by atoms with E-state index in [2.05, 4.69) is 5.32 Å². The van der Waals surface area contributed by atoms with E-state index >= 15 is 0 Å². The predicted molar refractivity (Wildman–Crippen MR) is 102 cm³/mol. The van der Waals surface area contributed by atoms with Gasteiger partial charge >= 0.3 is 5.97 Å². The van der Waals surface area contributed by atoms with E-state index in [-0.39, 0.29) is 22.5 Å². The number of carbonyl (C=O) groups excluding carboxylic acids is 2. The molecule has 1 aliphatic heterocycles. The summed E-state index contributed by atoms with van der Waals surface area (Å²) < 4.78 is 16.3. The van der Waals surface area contributed by atoms with E-state index in [0.29, 0.717) is 30.9 Å². The van der Waals surface area contributed by atoms with Gasteiger partial charge in [-0.3, -0.25) is 14.5 Å². The van der Waals surface area contributed by atoms with Crippen LogP contribution in [0.5, 0.6) is 5.75 Å². The van der Waals surface area contributed by atoms with Crippen LogP contribution in [0, 0.1) is 0 Å². The van der Waals surface area contributed by atoms with Gasteiger partial charge in [-0.25, -0.2) is 0 Å². The van der Waals surface area contributed by atoms with Crippen LogP contribution in [0.25, 0.3) is 0 Å². The Hall–Kier alpha value is -2.03. The Balaban J connectivity index is 2.23. The molecule has 0 bridgehead atoms. The number of nitrogens with two attached hydrogens (primary N) is 1. The number of hydrogen-bond donors (Lipinski definition) is 2. The first-order valence-electron chi connectivity index (χ1n) is 8.70. The van der Waals surface area contributed by atoms with Gasteiger partial charge in [0.25, 0.3) is 5.91 Å². The van der Waals surface area contributed by atoms with Crippen molar-refractivity contribution in [2.24, 2.45) is 0 Å². The van der Waals surface area contributed by atoms with Crippen molar-refractivity contribution < 1.29 is 23.8 Å². The van der Waals surface area contributed by atoms with E-state index in [1.54, 1.807) is 0 Å². The molecule has 0 unspecified atom stereocenters. The summed E-state index contributed by atoms with van der Waals surface area (Å²) in [5.41, 5.74) is 6.37. The van der Waals surface area contributed by atoms with Gasteiger partial charge in [0.15, 0.2) is 6.23 Å². The summed E-state index contributed by atoms with van der Waals surface area (Å²) in [6.45, 7) is 4.67. The molecule has 1 amide bonds. The summed E-state index contributed by atoms with van der Waals surface area (Å²) in [5.74, 6) is -0.447. The van der Waals surface area contributed by atoms with Gasteiger partial charge in [-0.05, 0) is 19.0 Å². The van der Waals surface area contributed by atoms with Crippen molar-refractivity contribution in [2.45, 2.75) is 38.6 Å². The summed E-state index contributed by atoms with van der Waals surface area (Å²) in [6.07, 6.45) is -0.448. The lowest BCUT2D eigenvalue weighted by molar-refractivity contribution is -0.183. The highest BCUT2D eigenvalue weighted by Gasteiger charge is 2.41. The normalized spacial score (nSPS) is 22.9. The van der Waals surface area contributed by atoms with Crippen molar-refractivity contribution in [3.8, 4) is 5.75 Å². The average molecular weight is 400 g/mol. The van der Waals surface area contributed by atoms with Crippen LogP contribution in [-0.4, -0.2) is 62.5 Å². The maximum absolute atomic E-state index is 12.8. The third-order valence-electron chi connectivity index (χ3n) is 4.61. The lowest BCUT2D eigenvalue weighted by atomic mass is 9.98. The summed E-state index contributed by atoms with van der Waals surface area (Å²) in [4.78, 5) is 26.3. The molecule has 0 aliphatic carbocycles. The van der Waals surface area contributed by atoms with E-state index in [1.807, 2.05) is 11.8 Å².